The maximum Gasteiger partial charge on any atom is 0.213 e. The van der Waals surface area contributed by atoms with E-state index in [9.17, 15) is 0 Å². The van der Waals surface area contributed by atoms with Crippen molar-refractivity contribution in [1.82, 2.24) is 20.5 Å². The van der Waals surface area contributed by atoms with Gasteiger partial charge in [0.1, 0.15) is 5.76 Å². The molecule has 0 radical (unpaired) electrons. The summed E-state index contributed by atoms with van der Waals surface area (Å²) in [5.74, 6) is 2.29. The fraction of sp³-hybridized carbons (Fsp3) is 0.524. The SMILES string of the molecule is CN=C(NCc1ncc(C(C)(C)C)o1)NCC(Cc1ccccc1)N(C)C.I. The number of nitrogens with zero attached hydrogens (tertiary/aromatic N) is 3. The van der Waals surface area contributed by atoms with Gasteiger partial charge in [0.15, 0.2) is 5.96 Å². The van der Waals surface area contributed by atoms with Gasteiger partial charge >= 0.3 is 0 Å². The maximum absolute atomic E-state index is 5.82. The van der Waals surface area contributed by atoms with Crippen molar-refractivity contribution in [3.63, 3.8) is 0 Å². The standard InChI is InChI=1S/C21H33N5O.HI/c1-21(2,3)18-14-23-19(27-18)15-25-20(22-4)24-13-17(26(5)6)12-16-10-8-7-9-11-16;/h7-11,14,17H,12-13,15H2,1-6H3,(H2,22,24,25);1H. The van der Waals surface area contributed by atoms with Crippen LogP contribution in [0.5, 0.6) is 0 Å². The van der Waals surface area contributed by atoms with Crippen LogP contribution in [0.1, 0.15) is 38.0 Å². The highest BCUT2D eigenvalue weighted by Gasteiger charge is 2.19. The first-order valence-electron chi connectivity index (χ1n) is 9.39. The molecule has 0 aliphatic heterocycles. The van der Waals surface area contributed by atoms with Crippen LogP contribution in [-0.4, -0.2) is 49.6 Å². The molecule has 0 aliphatic carbocycles. The molecule has 1 unspecified atom stereocenters. The Hall–Kier alpha value is -1.61. The van der Waals surface area contributed by atoms with Gasteiger partial charge in [-0.3, -0.25) is 4.99 Å². The van der Waals surface area contributed by atoms with Crippen LogP contribution >= 0.6 is 24.0 Å². The third-order valence-corrected chi connectivity index (χ3v) is 4.47. The van der Waals surface area contributed by atoms with Crippen LogP contribution in [0.4, 0.5) is 0 Å². The number of halogens is 1. The summed E-state index contributed by atoms with van der Waals surface area (Å²) in [6.45, 7) is 7.62. The quantitative estimate of drug-likeness (QED) is 0.347. The van der Waals surface area contributed by atoms with E-state index < -0.39 is 0 Å². The minimum atomic E-state index is -0.0401. The molecule has 156 valence electrons. The predicted molar refractivity (Wildman–Crippen MR) is 126 cm³/mol. The lowest BCUT2D eigenvalue weighted by molar-refractivity contribution is 0.290. The smallest absolute Gasteiger partial charge is 0.213 e. The molecule has 28 heavy (non-hydrogen) atoms. The van der Waals surface area contributed by atoms with Gasteiger partial charge in [0, 0.05) is 25.0 Å². The number of benzene rings is 1. The van der Waals surface area contributed by atoms with Crippen molar-refractivity contribution < 1.29 is 4.42 Å². The van der Waals surface area contributed by atoms with Gasteiger partial charge in [-0.2, -0.15) is 0 Å². The lowest BCUT2D eigenvalue weighted by Crippen LogP contribution is -2.45. The number of guanidine groups is 1. The Balaban J connectivity index is 0.00000392. The molecule has 0 aliphatic rings. The van der Waals surface area contributed by atoms with Gasteiger partial charge in [-0.1, -0.05) is 51.1 Å². The number of oxazole rings is 1. The van der Waals surface area contributed by atoms with E-state index in [4.69, 9.17) is 4.42 Å². The fourth-order valence-electron chi connectivity index (χ4n) is 2.66. The molecule has 7 heteroatoms. The molecule has 6 nitrogen and oxygen atoms in total. The highest BCUT2D eigenvalue weighted by atomic mass is 127. The molecule has 0 saturated heterocycles. The van der Waals surface area contributed by atoms with E-state index in [2.05, 4.69) is 84.6 Å². The number of likely N-dealkylation sites (N-methyl/N-ethyl adjacent to an activating group) is 1. The molecule has 0 spiro atoms. The van der Waals surface area contributed by atoms with Gasteiger partial charge in [0.2, 0.25) is 5.89 Å². The lowest BCUT2D eigenvalue weighted by atomic mass is 9.94. The minimum absolute atomic E-state index is 0. The van der Waals surface area contributed by atoms with E-state index in [-0.39, 0.29) is 29.4 Å². The maximum atomic E-state index is 5.82. The zero-order chi connectivity index (χ0) is 19.9. The zero-order valence-corrected chi connectivity index (χ0v) is 20.2. The molecule has 2 rings (SSSR count). The Morgan fingerprint density at radius 2 is 1.86 bits per heavy atom. The lowest BCUT2D eigenvalue weighted by Gasteiger charge is -2.25. The van der Waals surface area contributed by atoms with Gasteiger partial charge in [-0.05, 0) is 26.1 Å². The molecular formula is C21H34IN5O. The number of aromatic nitrogens is 1. The third-order valence-electron chi connectivity index (χ3n) is 4.47. The van der Waals surface area contributed by atoms with E-state index >= 15 is 0 Å². The molecule has 0 bridgehead atoms. The van der Waals surface area contributed by atoms with Gasteiger partial charge in [-0.25, -0.2) is 4.98 Å². The average Bonchev–Trinajstić information content (AvgIpc) is 3.11. The van der Waals surface area contributed by atoms with Gasteiger partial charge < -0.3 is 20.0 Å². The third kappa shape index (κ3) is 7.79. The summed E-state index contributed by atoms with van der Waals surface area (Å²) in [6, 6.07) is 10.9. The van der Waals surface area contributed by atoms with E-state index in [1.807, 2.05) is 6.07 Å². The fourth-order valence-corrected chi connectivity index (χ4v) is 2.66. The Morgan fingerprint density at radius 1 is 1.18 bits per heavy atom. The normalized spacial score (nSPS) is 13.2. The number of rotatable bonds is 7. The van der Waals surface area contributed by atoms with Crippen LogP contribution in [0.25, 0.3) is 0 Å². The summed E-state index contributed by atoms with van der Waals surface area (Å²) in [6.07, 6.45) is 2.78. The van der Waals surface area contributed by atoms with Gasteiger partial charge in [0.25, 0.3) is 0 Å². The van der Waals surface area contributed by atoms with Crippen LogP contribution in [0.2, 0.25) is 0 Å². The second-order valence-electron chi connectivity index (χ2n) is 7.98. The van der Waals surface area contributed by atoms with Gasteiger partial charge in [-0.15, -0.1) is 24.0 Å². The minimum Gasteiger partial charge on any atom is -0.443 e. The van der Waals surface area contributed by atoms with E-state index in [0.717, 1.165) is 24.7 Å². The zero-order valence-electron chi connectivity index (χ0n) is 17.8. The summed E-state index contributed by atoms with van der Waals surface area (Å²) in [5, 5.41) is 6.68. The second kappa shape index (κ2) is 11.4. The first-order valence-corrected chi connectivity index (χ1v) is 9.39. The number of hydrogen-bond acceptors (Lipinski definition) is 4. The van der Waals surface area contributed by atoms with Crippen molar-refractivity contribution in [3.8, 4) is 0 Å². The molecule has 0 saturated carbocycles. The Bertz CT molecular complexity index is 722. The molecule has 1 atom stereocenters. The molecule has 0 amide bonds. The van der Waals surface area contributed by atoms with E-state index in [1.54, 1.807) is 13.2 Å². The molecular weight excluding hydrogens is 465 g/mol. The second-order valence-corrected chi connectivity index (χ2v) is 7.98. The molecule has 1 aromatic heterocycles. The van der Waals surface area contributed by atoms with Crippen molar-refractivity contribution in [3.05, 3.63) is 53.7 Å². The van der Waals surface area contributed by atoms with Crippen molar-refractivity contribution in [2.45, 2.75) is 45.2 Å². The molecule has 0 fully saturated rings. The van der Waals surface area contributed by atoms with Crippen LogP contribution in [-0.2, 0) is 18.4 Å². The highest BCUT2D eigenvalue weighted by Crippen LogP contribution is 2.22. The summed E-state index contributed by atoms with van der Waals surface area (Å²) >= 11 is 0. The average molecular weight is 499 g/mol. The summed E-state index contributed by atoms with van der Waals surface area (Å²) in [5.41, 5.74) is 1.29. The summed E-state index contributed by atoms with van der Waals surface area (Å²) < 4.78 is 5.82. The van der Waals surface area contributed by atoms with Gasteiger partial charge in [0.05, 0.1) is 12.7 Å². The van der Waals surface area contributed by atoms with Crippen molar-refractivity contribution in [2.75, 3.05) is 27.7 Å². The van der Waals surface area contributed by atoms with Crippen LogP contribution in [0, 0.1) is 0 Å². The summed E-state index contributed by atoms with van der Waals surface area (Å²) in [7, 11) is 5.98. The summed E-state index contributed by atoms with van der Waals surface area (Å²) in [4.78, 5) is 10.9. The van der Waals surface area contributed by atoms with Crippen LogP contribution in [0.15, 0.2) is 45.9 Å². The molecule has 1 aromatic carbocycles. The van der Waals surface area contributed by atoms with Crippen LogP contribution in [0.3, 0.4) is 0 Å². The monoisotopic (exact) mass is 499 g/mol. The van der Waals surface area contributed by atoms with Crippen LogP contribution < -0.4 is 10.6 Å². The number of hydrogen-bond donors (Lipinski definition) is 2. The first kappa shape index (κ1) is 24.4. The largest absolute Gasteiger partial charge is 0.443 e. The number of aliphatic imine (C=N–C) groups is 1. The van der Waals surface area contributed by atoms with Crippen molar-refractivity contribution in [1.29, 1.82) is 0 Å². The Kier molecular flexibility index (Phi) is 9.95. The first-order chi connectivity index (χ1) is 12.8. The molecule has 2 N–H and O–H groups in total. The van der Waals surface area contributed by atoms with Crippen molar-refractivity contribution in [2.24, 2.45) is 4.99 Å². The number of nitrogens with one attached hydrogen (secondary N) is 2. The topological polar surface area (TPSA) is 65.7 Å². The molecule has 2 aromatic rings. The Morgan fingerprint density at radius 3 is 2.39 bits per heavy atom. The predicted octanol–water partition coefficient (Wildman–Crippen LogP) is 3.43. The molecule has 1 heterocycles. The Labute approximate surface area is 186 Å². The highest BCUT2D eigenvalue weighted by molar-refractivity contribution is 14.0. The van der Waals surface area contributed by atoms with E-state index in [1.165, 1.54) is 5.56 Å². The van der Waals surface area contributed by atoms with Crippen molar-refractivity contribution >= 4 is 29.9 Å². The van der Waals surface area contributed by atoms with E-state index in [0.29, 0.717) is 18.5 Å².